The van der Waals surface area contributed by atoms with Crippen molar-refractivity contribution in [1.29, 1.82) is 0 Å². The fourth-order valence-corrected chi connectivity index (χ4v) is 11.4. The van der Waals surface area contributed by atoms with Gasteiger partial charge in [0.05, 0.1) is 0 Å². The van der Waals surface area contributed by atoms with E-state index in [0.717, 1.165) is 93.2 Å². The number of furan rings is 2. The van der Waals surface area contributed by atoms with Gasteiger partial charge in [-0.1, -0.05) is 140 Å². The van der Waals surface area contributed by atoms with Crippen LogP contribution in [-0.2, 0) is 0 Å². The Kier molecular flexibility index (Phi) is 8.00. The largest absolute Gasteiger partial charge is 0.456 e. The number of thiophene rings is 1. The van der Waals surface area contributed by atoms with Crippen molar-refractivity contribution >= 4 is 108 Å². The van der Waals surface area contributed by atoms with Gasteiger partial charge in [-0.15, -0.1) is 11.3 Å². The molecule has 0 amide bonds. The topological polar surface area (TPSA) is 65.0 Å². The van der Waals surface area contributed by atoms with E-state index in [2.05, 4.69) is 134 Å². The molecule has 4 heterocycles. The number of benzene rings is 9. The molecule has 0 saturated heterocycles. The van der Waals surface area contributed by atoms with Gasteiger partial charge in [-0.2, -0.15) is 0 Å². The minimum Gasteiger partial charge on any atom is -0.456 e. The Hall–Kier alpha value is -8.45. The Morgan fingerprint density at radius 2 is 0.924 bits per heavy atom. The van der Waals surface area contributed by atoms with E-state index in [0.29, 0.717) is 17.5 Å². The average Bonchev–Trinajstić information content (AvgIpc) is 4.08. The number of aryl methyl sites for hydroxylation is 1. The van der Waals surface area contributed by atoms with Gasteiger partial charge in [-0.05, 0) is 105 Å². The van der Waals surface area contributed by atoms with Crippen LogP contribution in [0.15, 0.2) is 203 Å². The molecular weight excluding hydrogens is 827 g/mol. The lowest BCUT2D eigenvalue weighted by Gasteiger charge is -2.10. The van der Waals surface area contributed by atoms with Crippen LogP contribution in [0.5, 0.6) is 0 Å². The third-order valence-electron chi connectivity index (χ3n) is 13.2. The molecule has 0 atom stereocenters. The first kappa shape index (κ1) is 37.0. The maximum atomic E-state index is 7.08. The molecule has 0 aliphatic carbocycles. The Bertz CT molecular complexity index is 4300. The number of fused-ring (bicyclic) bond motifs is 14. The van der Waals surface area contributed by atoms with Crippen molar-refractivity contribution in [1.82, 2.24) is 15.0 Å². The van der Waals surface area contributed by atoms with E-state index in [9.17, 15) is 0 Å². The molecule has 66 heavy (non-hydrogen) atoms. The maximum Gasteiger partial charge on any atom is 0.164 e. The van der Waals surface area contributed by atoms with Crippen molar-refractivity contribution in [3.63, 3.8) is 0 Å². The third-order valence-corrected chi connectivity index (χ3v) is 14.3. The molecule has 4 aromatic heterocycles. The summed E-state index contributed by atoms with van der Waals surface area (Å²) in [5, 5.41) is 13.6. The van der Waals surface area contributed by atoms with Crippen LogP contribution in [-0.4, -0.2) is 15.0 Å². The van der Waals surface area contributed by atoms with Crippen LogP contribution in [0.2, 0.25) is 0 Å². The van der Waals surface area contributed by atoms with Crippen molar-refractivity contribution in [2.24, 2.45) is 0 Å². The molecule has 0 aliphatic heterocycles. The summed E-state index contributed by atoms with van der Waals surface area (Å²) in [6.45, 7) is 2.24. The van der Waals surface area contributed by atoms with Gasteiger partial charge < -0.3 is 8.83 Å². The summed E-state index contributed by atoms with van der Waals surface area (Å²) in [5.41, 5.74) is 9.42. The normalized spacial score (nSPS) is 12.0. The van der Waals surface area contributed by atoms with Crippen molar-refractivity contribution in [2.45, 2.75) is 6.92 Å². The predicted octanol–water partition coefficient (Wildman–Crippen LogP) is 17.0. The first-order valence-electron chi connectivity index (χ1n) is 22.2. The lowest BCUT2D eigenvalue weighted by Crippen LogP contribution is -2.00. The average molecular weight is 862 g/mol. The molecule has 308 valence electrons. The van der Waals surface area contributed by atoms with E-state index in [-0.39, 0.29) is 0 Å². The molecule has 0 spiro atoms. The molecule has 0 saturated carbocycles. The molecule has 0 fully saturated rings. The van der Waals surface area contributed by atoms with Gasteiger partial charge >= 0.3 is 0 Å². The third kappa shape index (κ3) is 5.68. The molecule has 4 bridgehead atoms. The highest BCUT2D eigenvalue weighted by Crippen LogP contribution is 2.46. The summed E-state index contributed by atoms with van der Waals surface area (Å²) in [6.07, 6.45) is 0. The predicted molar refractivity (Wildman–Crippen MR) is 275 cm³/mol. The Labute approximate surface area is 381 Å². The molecule has 0 radical (unpaired) electrons. The second-order valence-electron chi connectivity index (χ2n) is 17.1. The fraction of sp³-hybridized carbons (Fsp3) is 0.0167. The monoisotopic (exact) mass is 861 g/mol. The smallest absolute Gasteiger partial charge is 0.164 e. The molecule has 0 N–H and O–H groups in total. The highest BCUT2D eigenvalue weighted by atomic mass is 32.1. The van der Waals surface area contributed by atoms with E-state index < -0.39 is 0 Å². The summed E-state index contributed by atoms with van der Waals surface area (Å²) in [5.74, 6) is 1.86. The van der Waals surface area contributed by atoms with Crippen LogP contribution in [0.25, 0.3) is 142 Å². The number of hydrogen-bond acceptors (Lipinski definition) is 6. The number of rotatable bonds is 4. The van der Waals surface area contributed by atoms with Gasteiger partial charge in [-0.3, -0.25) is 0 Å². The van der Waals surface area contributed by atoms with Crippen LogP contribution in [0.4, 0.5) is 0 Å². The SMILES string of the molecule is Cc1cc2cc(cc3oc4ccccc4c23)c2cc(cc3c2oc2cccc(-c4cccc(-c5nc(-c6ccccc6)nc(-c6ccccc6)n5)c4)c23)c2cccc3sc4cccc1c4c32. The number of hydrogen-bond donors (Lipinski definition) is 0. The quantitative estimate of drug-likeness (QED) is 0.176. The minimum absolute atomic E-state index is 0.608. The molecule has 10 aromatic carbocycles. The molecule has 0 unspecified atom stereocenters. The molecule has 14 rings (SSSR count). The zero-order valence-corrected chi connectivity index (χ0v) is 36.4. The second-order valence-corrected chi connectivity index (χ2v) is 18.2. The van der Waals surface area contributed by atoms with Crippen LogP contribution in [0.1, 0.15) is 5.56 Å². The van der Waals surface area contributed by atoms with Crippen molar-refractivity contribution in [2.75, 3.05) is 0 Å². The van der Waals surface area contributed by atoms with Crippen LogP contribution < -0.4 is 0 Å². The molecule has 5 nitrogen and oxygen atoms in total. The maximum absolute atomic E-state index is 7.08. The lowest BCUT2D eigenvalue weighted by atomic mass is 9.94. The van der Waals surface area contributed by atoms with Gasteiger partial charge in [0, 0.05) is 63.8 Å². The number of aromatic nitrogens is 3. The van der Waals surface area contributed by atoms with E-state index >= 15 is 0 Å². The Morgan fingerprint density at radius 1 is 0.348 bits per heavy atom. The van der Waals surface area contributed by atoms with Crippen molar-refractivity contribution in [3.8, 4) is 45.3 Å². The Morgan fingerprint density at radius 3 is 1.70 bits per heavy atom. The van der Waals surface area contributed by atoms with Crippen LogP contribution in [0, 0.1) is 6.92 Å². The first-order valence-corrected chi connectivity index (χ1v) is 23.0. The minimum atomic E-state index is 0.608. The summed E-state index contributed by atoms with van der Waals surface area (Å²) in [6, 6.07) is 68.5. The summed E-state index contributed by atoms with van der Waals surface area (Å²) >= 11 is 1.86. The lowest BCUT2D eigenvalue weighted by molar-refractivity contribution is 0.669. The number of nitrogens with zero attached hydrogens (tertiary/aromatic N) is 3. The highest BCUT2D eigenvalue weighted by molar-refractivity contribution is 7.26. The molecule has 6 heteroatoms. The fourth-order valence-electron chi connectivity index (χ4n) is 10.2. The van der Waals surface area contributed by atoms with Gasteiger partial charge in [0.25, 0.3) is 0 Å². The summed E-state index contributed by atoms with van der Waals surface area (Å²) in [7, 11) is 0. The second kappa shape index (κ2) is 14.3. The summed E-state index contributed by atoms with van der Waals surface area (Å²) in [4.78, 5) is 15.1. The molecule has 14 aromatic rings. The van der Waals surface area contributed by atoms with Crippen molar-refractivity contribution in [3.05, 3.63) is 200 Å². The highest BCUT2D eigenvalue weighted by Gasteiger charge is 2.20. The van der Waals surface area contributed by atoms with E-state index in [4.69, 9.17) is 23.8 Å². The summed E-state index contributed by atoms with van der Waals surface area (Å²) < 4.78 is 16.3. The standard InChI is InChI=1S/C60H35N3O2S/c1-34-28-41-30-39(33-50-53(41)45-20-8-9-24-48(45)64-50)46-31-40(44-23-13-27-52-56(44)55-42(34)21-12-26-51(55)66-52)32-47-54-43(22-11-25-49(54)65-57(46)47)37-18-10-19-38(29-37)60-62-58(35-14-4-2-5-15-35)61-59(63-60)36-16-6-3-7-17-36/h2-33H,1H3. The van der Waals surface area contributed by atoms with E-state index in [1.165, 1.54) is 36.5 Å². The Balaban J connectivity index is 1.08. The zero-order chi connectivity index (χ0) is 43.5. The van der Waals surface area contributed by atoms with Gasteiger partial charge in [0.15, 0.2) is 17.5 Å². The zero-order valence-electron chi connectivity index (χ0n) is 35.5. The van der Waals surface area contributed by atoms with Gasteiger partial charge in [-0.25, -0.2) is 15.0 Å². The molecular formula is C60H35N3O2S. The van der Waals surface area contributed by atoms with Crippen molar-refractivity contribution < 1.29 is 8.83 Å². The van der Waals surface area contributed by atoms with Gasteiger partial charge in [0.2, 0.25) is 0 Å². The van der Waals surface area contributed by atoms with Crippen LogP contribution in [0.3, 0.4) is 0 Å². The molecule has 0 aliphatic rings. The number of para-hydroxylation sites is 1. The van der Waals surface area contributed by atoms with Gasteiger partial charge in [0.1, 0.15) is 22.3 Å². The van der Waals surface area contributed by atoms with E-state index in [1.54, 1.807) is 0 Å². The first-order chi connectivity index (χ1) is 32.6. The van der Waals surface area contributed by atoms with E-state index in [1.807, 2.05) is 78.1 Å². The van der Waals surface area contributed by atoms with Crippen LogP contribution >= 0.6 is 11.3 Å².